The average Bonchev–Trinajstić information content (AvgIpc) is 3.57. The molecule has 3 saturated heterocycles. The van der Waals surface area contributed by atoms with Gasteiger partial charge in [-0.05, 0) is 82.3 Å². The first-order chi connectivity index (χ1) is 19.3. The summed E-state index contributed by atoms with van der Waals surface area (Å²) in [6.07, 6.45) is 5.77. The molecule has 0 saturated carbocycles. The number of carbonyl (C=O) groups is 1. The Balaban J connectivity index is 1.83. The molecule has 0 aliphatic carbocycles. The van der Waals surface area contributed by atoms with Gasteiger partial charge in [-0.3, -0.25) is 0 Å². The van der Waals surface area contributed by atoms with Crippen molar-refractivity contribution in [3.8, 4) is 0 Å². The van der Waals surface area contributed by atoms with E-state index in [0.717, 1.165) is 50.2 Å². The number of ether oxygens (including phenoxy) is 5. The molecule has 8 heteroatoms. The van der Waals surface area contributed by atoms with Gasteiger partial charge >= 0.3 is 0 Å². The molecule has 3 rings (SSSR count). The van der Waals surface area contributed by atoms with Crippen molar-refractivity contribution in [3.05, 3.63) is 0 Å². The maximum atomic E-state index is 12.1. The van der Waals surface area contributed by atoms with Crippen molar-refractivity contribution >= 4 is 14.1 Å². The number of hydrogen-bond acceptors (Lipinski definition) is 7. The molecule has 1 unspecified atom stereocenters. The predicted molar refractivity (Wildman–Crippen MR) is 166 cm³/mol. The number of hydrogen-bond donors (Lipinski definition) is 0. The Labute approximate surface area is 252 Å². The van der Waals surface area contributed by atoms with Gasteiger partial charge in [0.05, 0.1) is 35.6 Å². The topological polar surface area (TPSA) is 72.5 Å². The fourth-order valence-electron chi connectivity index (χ4n) is 8.22. The average molecular weight is 599 g/mol. The third-order valence-electron chi connectivity index (χ3n) is 11.2. The monoisotopic (exact) mass is 598 g/mol. The molecule has 3 fully saturated rings. The summed E-state index contributed by atoms with van der Waals surface area (Å²) >= 11 is 0. The summed E-state index contributed by atoms with van der Waals surface area (Å²) < 4.78 is 39.7. The highest BCUT2D eigenvalue weighted by atomic mass is 28.4. The summed E-state index contributed by atoms with van der Waals surface area (Å²) in [6, 6.07) is 3.24. The lowest BCUT2D eigenvalue weighted by Gasteiger charge is -2.48. The lowest BCUT2D eigenvalue weighted by atomic mass is 9.80. The van der Waals surface area contributed by atoms with E-state index in [1.807, 2.05) is 0 Å². The quantitative estimate of drug-likeness (QED) is 0.183. The molecule has 7 nitrogen and oxygen atoms in total. The van der Waals surface area contributed by atoms with E-state index in [1.54, 1.807) is 21.1 Å². The zero-order chi connectivity index (χ0) is 30.6. The summed E-state index contributed by atoms with van der Waals surface area (Å²) in [4.78, 5) is 12.1. The molecule has 0 bridgehead atoms. The fourth-order valence-corrected chi connectivity index (χ4v) is 11.4. The molecule has 41 heavy (non-hydrogen) atoms. The van der Waals surface area contributed by atoms with Crippen LogP contribution in [0.3, 0.4) is 0 Å². The Bertz CT molecular complexity index is 843. The van der Waals surface area contributed by atoms with Crippen LogP contribution in [0.1, 0.15) is 107 Å². The molecule has 3 heterocycles. The molecule has 0 spiro atoms. The van der Waals surface area contributed by atoms with Crippen molar-refractivity contribution in [2.45, 2.75) is 167 Å². The van der Waals surface area contributed by atoms with Crippen LogP contribution in [0.25, 0.3) is 0 Å². The minimum Gasteiger partial charge on any atom is -0.409 e. The number of carbonyl (C=O) groups excluding carboxylic acids is 1. The molecular formula is C33H62O7Si. The first kappa shape index (κ1) is 35.1. The first-order valence-electron chi connectivity index (χ1n) is 16.6. The van der Waals surface area contributed by atoms with E-state index in [-0.39, 0.29) is 41.7 Å². The molecule has 3 aliphatic rings. The van der Waals surface area contributed by atoms with Crippen molar-refractivity contribution in [2.75, 3.05) is 20.8 Å². The molecule has 0 aromatic heterocycles. The van der Waals surface area contributed by atoms with Crippen molar-refractivity contribution in [1.82, 2.24) is 0 Å². The lowest BCUT2D eigenvalue weighted by Crippen LogP contribution is -2.57. The van der Waals surface area contributed by atoms with Crippen LogP contribution in [0, 0.1) is 17.8 Å². The summed E-state index contributed by atoms with van der Waals surface area (Å²) in [7, 11) is 1.50. The van der Waals surface area contributed by atoms with Gasteiger partial charge in [-0.15, -0.1) is 0 Å². The van der Waals surface area contributed by atoms with E-state index in [0.29, 0.717) is 31.3 Å². The van der Waals surface area contributed by atoms with Crippen LogP contribution in [0.15, 0.2) is 0 Å². The number of Topliss-reactive ketones (excluding diaryl/α,β-unsaturated/α-hetero) is 1. The third kappa shape index (κ3) is 7.15. The highest BCUT2D eigenvalue weighted by molar-refractivity contribution is 6.73. The molecule has 0 N–H and O–H groups in total. The van der Waals surface area contributed by atoms with Gasteiger partial charge in [-0.2, -0.15) is 0 Å². The van der Waals surface area contributed by atoms with Crippen molar-refractivity contribution in [3.63, 3.8) is 0 Å². The summed E-state index contributed by atoms with van der Waals surface area (Å²) in [5.74, 6) is 0.385. The molecule has 240 valence electrons. The molecule has 0 radical (unpaired) electrons. The van der Waals surface area contributed by atoms with Crippen molar-refractivity contribution in [1.29, 1.82) is 0 Å². The second-order valence-corrected chi connectivity index (χ2v) is 18.6. The van der Waals surface area contributed by atoms with E-state index >= 15 is 0 Å². The van der Waals surface area contributed by atoms with Crippen LogP contribution in [-0.2, 0) is 32.9 Å². The van der Waals surface area contributed by atoms with E-state index in [2.05, 4.69) is 55.4 Å². The zero-order valence-electron chi connectivity index (χ0n) is 28.2. The Morgan fingerprint density at radius 2 is 1.66 bits per heavy atom. The van der Waals surface area contributed by atoms with Gasteiger partial charge in [-0.1, -0.05) is 48.5 Å². The Kier molecular flexibility index (Phi) is 12.1. The highest BCUT2D eigenvalue weighted by Gasteiger charge is 2.58. The van der Waals surface area contributed by atoms with Gasteiger partial charge in [0.1, 0.15) is 12.4 Å². The number of methoxy groups -OCH3 is 2. The fraction of sp³-hybridized carbons (Fsp3) is 0.970. The van der Waals surface area contributed by atoms with Crippen LogP contribution in [0.5, 0.6) is 0 Å². The standard InChI is InChI=1S/C33H62O7Si/c1-12-32(19-17-28(38-32)31(9,18-16-26(8)34)40-41(13-2,14-3)15-4)30-24(6)21-27(37-30)29-23(5)20-25(7)33(36-11,39-29)22-35-10/h23-25,27-30H,12-22H2,1-11H3/t23-,24-,25+,27+,28+,29?,30+,31-,32-,33-/m0/s1. The van der Waals surface area contributed by atoms with Crippen LogP contribution in [0.4, 0.5) is 0 Å². The second-order valence-electron chi connectivity index (χ2n) is 13.9. The van der Waals surface area contributed by atoms with Gasteiger partial charge in [0.2, 0.25) is 0 Å². The van der Waals surface area contributed by atoms with E-state index < -0.39 is 19.7 Å². The van der Waals surface area contributed by atoms with E-state index in [9.17, 15) is 4.79 Å². The molecule has 0 aromatic rings. The number of ketones is 1. The van der Waals surface area contributed by atoms with Crippen molar-refractivity contribution < 1.29 is 32.9 Å². The molecular weight excluding hydrogens is 536 g/mol. The van der Waals surface area contributed by atoms with Gasteiger partial charge in [0.25, 0.3) is 0 Å². The molecule has 0 amide bonds. The minimum absolute atomic E-state index is 0.0143. The Morgan fingerprint density at radius 1 is 1.00 bits per heavy atom. The maximum Gasteiger partial charge on any atom is 0.194 e. The van der Waals surface area contributed by atoms with Crippen LogP contribution in [-0.4, -0.2) is 76.3 Å². The zero-order valence-corrected chi connectivity index (χ0v) is 29.2. The molecule has 3 aliphatic heterocycles. The number of rotatable bonds is 15. The minimum atomic E-state index is -1.93. The maximum absolute atomic E-state index is 12.1. The summed E-state index contributed by atoms with van der Waals surface area (Å²) in [5.41, 5.74) is -0.849. The van der Waals surface area contributed by atoms with Crippen molar-refractivity contribution in [2.24, 2.45) is 17.8 Å². The largest absolute Gasteiger partial charge is 0.409 e. The van der Waals surface area contributed by atoms with Gasteiger partial charge in [-0.25, -0.2) is 0 Å². The van der Waals surface area contributed by atoms with Crippen LogP contribution >= 0.6 is 0 Å². The second kappa shape index (κ2) is 14.2. The van der Waals surface area contributed by atoms with Gasteiger partial charge < -0.3 is 32.9 Å². The van der Waals surface area contributed by atoms with Crippen LogP contribution in [0.2, 0.25) is 18.1 Å². The lowest BCUT2D eigenvalue weighted by molar-refractivity contribution is -0.334. The molecule has 10 atom stereocenters. The Morgan fingerprint density at radius 3 is 2.20 bits per heavy atom. The normalized spacial score (nSPS) is 39.6. The van der Waals surface area contributed by atoms with Crippen LogP contribution < -0.4 is 0 Å². The smallest absolute Gasteiger partial charge is 0.194 e. The first-order valence-corrected chi connectivity index (χ1v) is 19.1. The van der Waals surface area contributed by atoms with E-state index in [4.69, 9.17) is 28.1 Å². The SMILES string of the molecule is CC[C@@]1([C@@H]2O[C@@H](C3O[C@](COC)(OC)[C@H](C)C[C@@H]3C)C[C@@H]2C)CC[C@H]([C@](C)(CCC(C)=O)O[Si](CC)(CC)CC)O1. The predicted octanol–water partition coefficient (Wildman–Crippen LogP) is 7.31. The summed E-state index contributed by atoms with van der Waals surface area (Å²) in [5, 5.41) is 0. The van der Waals surface area contributed by atoms with Gasteiger partial charge in [0.15, 0.2) is 14.1 Å². The Hall–Kier alpha value is -0.353. The highest BCUT2D eigenvalue weighted by Crippen LogP contribution is 2.51. The van der Waals surface area contributed by atoms with Gasteiger partial charge in [0, 0.05) is 26.6 Å². The summed E-state index contributed by atoms with van der Waals surface area (Å²) in [6.45, 7) is 20.1. The van der Waals surface area contributed by atoms with E-state index in [1.165, 1.54) is 0 Å². The third-order valence-corrected chi connectivity index (χ3v) is 16.0. The molecule has 0 aromatic carbocycles.